The molecule has 0 aromatic carbocycles. The molecule has 138 valence electrons. The summed E-state index contributed by atoms with van der Waals surface area (Å²) in [6.07, 6.45) is 4.88. The van der Waals surface area contributed by atoms with E-state index in [2.05, 4.69) is 15.0 Å². The van der Waals surface area contributed by atoms with Gasteiger partial charge in [-0.3, -0.25) is 9.69 Å². The molecule has 1 aromatic heterocycles. The number of likely N-dealkylation sites (tertiary alicyclic amines) is 1. The number of carbonyl (C=O) groups excluding carboxylic acids is 1. The van der Waals surface area contributed by atoms with Gasteiger partial charge in [0, 0.05) is 39.8 Å². The van der Waals surface area contributed by atoms with Gasteiger partial charge in [0.15, 0.2) is 0 Å². The maximum Gasteiger partial charge on any atom is 0.291 e. The van der Waals surface area contributed by atoms with Crippen molar-refractivity contribution in [3.63, 3.8) is 0 Å². The lowest BCUT2D eigenvalue weighted by Crippen LogP contribution is -2.44. The minimum absolute atomic E-state index is 0.0152. The first kappa shape index (κ1) is 16.9. The molecule has 1 amide bonds. The molecule has 3 fully saturated rings. The van der Waals surface area contributed by atoms with Crippen LogP contribution in [0.15, 0.2) is 6.33 Å². The zero-order chi connectivity index (χ0) is 17.3. The molecule has 1 aromatic rings. The van der Waals surface area contributed by atoms with Gasteiger partial charge in [0.1, 0.15) is 6.33 Å². The molecule has 3 aliphatic heterocycles. The van der Waals surface area contributed by atoms with Crippen LogP contribution in [-0.2, 0) is 16.5 Å². The second kappa shape index (κ2) is 7.01. The number of ether oxygens (including phenoxy) is 2. The summed E-state index contributed by atoms with van der Waals surface area (Å²) in [5, 5.41) is 3.99. The summed E-state index contributed by atoms with van der Waals surface area (Å²) in [6, 6.07) is 0. The van der Waals surface area contributed by atoms with E-state index >= 15 is 0 Å². The number of aromatic nitrogens is 3. The van der Waals surface area contributed by atoms with Crippen LogP contribution in [0.3, 0.4) is 0 Å². The van der Waals surface area contributed by atoms with Crippen molar-refractivity contribution in [2.24, 2.45) is 12.5 Å². The highest BCUT2D eigenvalue weighted by Gasteiger charge is 2.43. The van der Waals surface area contributed by atoms with Crippen LogP contribution in [0.25, 0.3) is 0 Å². The Kier molecular flexibility index (Phi) is 4.75. The summed E-state index contributed by atoms with van der Waals surface area (Å²) >= 11 is 0. The van der Waals surface area contributed by atoms with E-state index in [9.17, 15) is 4.79 Å². The molecule has 4 heterocycles. The Morgan fingerprint density at radius 2 is 2.04 bits per heavy atom. The fourth-order valence-electron chi connectivity index (χ4n) is 4.25. The fourth-order valence-corrected chi connectivity index (χ4v) is 4.25. The van der Waals surface area contributed by atoms with E-state index in [0.29, 0.717) is 11.9 Å². The van der Waals surface area contributed by atoms with Gasteiger partial charge in [-0.2, -0.15) is 5.10 Å². The second-order valence-corrected chi connectivity index (χ2v) is 7.55. The molecular formula is C17H27N5O3. The van der Waals surface area contributed by atoms with Crippen molar-refractivity contribution in [3.8, 4) is 0 Å². The Hall–Kier alpha value is -1.51. The number of piperidine rings is 1. The van der Waals surface area contributed by atoms with Gasteiger partial charge in [0.2, 0.25) is 5.82 Å². The summed E-state index contributed by atoms with van der Waals surface area (Å²) in [7, 11) is 1.76. The molecule has 0 radical (unpaired) electrons. The van der Waals surface area contributed by atoms with Crippen LogP contribution in [0.2, 0.25) is 0 Å². The first-order chi connectivity index (χ1) is 12.2. The minimum atomic E-state index is -0.0152. The molecule has 0 N–H and O–H groups in total. The van der Waals surface area contributed by atoms with Crippen LogP contribution in [0.1, 0.15) is 29.9 Å². The normalized spacial score (nSPS) is 27.1. The summed E-state index contributed by atoms with van der Waals surface area (Å²) < 4.78 is 13.1. The number of aryl methyl sites for hydroxylation is 1. The number of morpholine rings is 1. The molecule has 1 spiro atoms. The van der Waals surface area contributed by atoms with Crippen LogP contribution in [-0.4, -0.2) is 89.1 Å². The van der Waals surface area contributed by atoms with Gasteiger partial charge in [0.05, 0.1) is 25.9 Å². The van der Waals surface area contributed by atoms with Gasteiger partial charge in [-0.05, 0) is 24.7 Å². The largest absolute Gasteiger partial charge is 0.379 e. The maximum atomic E-state index is 12.6. The Balaban J connectivity index is 1.29. The topological polar surface area (TPSA) is 72.7 Å². The van der Waals surface area contributed by atoms with Gasteiger partial charge < -0.3 is 14.4 Å². The smallest absolute Gasteiger partial charge is 0.291 e. The summed E-state index contributed by atoms with van der Waals surface area (Å²) in [4.78, 5) is 21.0. The van der Waals surface area contributed by atoms with Crippen molar-refractivity contribution in [1.29, 1.82) is 0 Å². The number of rotatable bonds is 3. The third-order valence-corrected chi connectivity index (χ3v) is 5.87. The van der Waals surface area contributed by atoms with Gasteiger partial charge in [-0.1, -0.05) is 0 Å². The minimum Gasteiger partial charge on any atom is -0.379 e. The molecule has 0 aliphatic carbocycles. The van der Waals surface area contributed by atoms with Crippen molar-refractivity contribution >= 4 is 5.91 Å². The molecule has 1 atom stereocenters. The van der Waals surface area contributed by atoms with E-state index in [-0.39, 0.29) is 11.3 Å². The second-order valence-electron chi connectivity index (χ2n) is 7.55. The lowest BCUT2D eigenvalue weighted by molar-refractivity contribution is 0.00522. The number of carbonyl (C=O) groups is 1. The van der Waals surface area contributed by atoms with Crippen molar-refractivity contribution in [2.45, 2.75) is 25.4 Å². The van der Waals surface area contributed by atoms with Crippen LogP contribution in [0.4, 0.5) is 0 Å². The zero-order valence-corrected chi connectivity index (χ0v) is 14.9. The molecule has 4 rings (SSSR count). The van der Waals surface area contributed by atoms with Crippen molar-refractivity contribution in [2.75, 3.05) is 52.5 Å². The molecule has 3 saturated heterocycles. The first-order valence-electron chi connectivity index (χ1n) is 9.20. The molecular weight excluding hydrogens is 322 g/mol. The SMILES string of the molecule is Cn1ncnc1C(=O)N1CCC2(CC1)CO[C@@H](CN1CCOCC1)C2. The highest BCUT2D eigenvalue weighted by Crippen LogP contribution is 2.42. The van der Waals surface area contributed by atoms with Gasteiger partial charge in [-0.25, -0.2) is 9.67 Å². The number of nitrogens with zero attached hydrogens (tertiary/aromatic N) is 5. The number of hydrogen-bond acceptors (Lipinski definition) is 6. The highest BCUT2D eigenvalue weighted by molar-refractivity contribution is 5.90. The third kappa shape index (κ3) is 3.56. The Morgan fingerprint density at radius 3 is 2.72 bits per heavy atom. The van der Waals surface area contributed by atoms with Gasteiger partial charge in [0.25, 0.3) is 5.91 Å². The zero-order valence-electron chi connectivity index (χ0n) is 14.9. The van der Waals surface area contributed by atoms with E-state index < -0.39 is 0 Å². The van der Waals surface area contributed by atoms with Crippen LogP contribution >= 0.6 is 0 Å². The monoisotopic (exact) mass is 349 g/mol. The average Bonchev–Trinajstić information content (AvgIpc) is 3.23. The molecule has 0 bridgehead atoms. The van der Waals surface area contributed by atoms with E-state index in [1.54, 1.807) is 11.7 Å². The number of amides is 1. The first-order valence-corrected chi connectivity index (χ1v) is 9.20. The summed E-state index contributed by atoms with van der Waals surface area (Å²) in [6.45, 7) is 7.06. The van der Waals surface area contributed by atoms with Crippen LogP contribution < -0.4 is 0 Å². The molecule has 0 unspecified atom stereocenters. The molecule has 25 heavy (non-hydrogen) atoms. The van der Waals surface area contributed by atoms with E-state index in [4.69, 9.17) is 9.47 Å². The standard InChI is InChI=1S/C17H27N5O3/c1-20-15(18-13-19-20)16(23)22-4-2-17(3-5-22)10-14(25-12-17)11-21-6-8-24-9-7-21/h13-14H,2-12H2,1H3/t14-/m1/s1. The van der Waals surface area contributed by atoms with E-state index in [1.165, 1.54) is 6.33 Å². The summed E-state index contributed by atoms with van der Waals surface area (Å²) in [5.41, 5.74) is 0.244. The molecule has 8 nitrogen and oxygen atoms in total. The van der Waals surface area contributed by atoms with Gasteiger partial charge in [-0.15, -0.1) is 0 Å². The summed E-state index contributed by atoms with van der Waals surface area (Å²) in [5.74, 6) is 0.405. The Bertz CT molecular complexity index is 605. The van der Waals surface area contributed by atoms with Crippen LogP contribution in [0, 0.1) is 5.41 Å². The molecule has 3 aliphatic rings. The maximum absolute atomic E-state index is 12.6. The van der Waals surface area contributed by atoms with E-state index in [1.807, 2.05) is 4.90 Å². The Labute approximate surface area is 148 Å². The third-order valence-electron chi connectivity index (χ3n) is 5.87. The lowest BCUT2D eigenvalue weighted by atomic mass is 9.76. The van der Waals surface area contributed by atoms with Crippen LogP contribution in [0.5, 0.6) is 0 Å². The fraction of sp³-hybridized carbons (Fsp3) is 0.824. The predicted molar refractivity (Wildman–Crippen MR) is 90.2 cm³/mol. The molecule has 8 heteroatoms. The average molecular weight is 349 g/mol. The van der Waals surface area contributed by atoms with Gasteiger partial charge >= 0.3 is 0 Å². The van der Waals surface area contributed by atoms with Crippen molar-refractivity contribution in [1.82, 2.24) is 24.6 Å². The molecule has 0 saturated carbocycles. The quantitative estimate of drug-likeness (QED) is 0.774. The van der Waals surface area contributed by atoms with Crippen molar-refractivity contribution < 1.29 is 14.3 Å². The van der Waals surface area contributed by atoms with E-state index in [0.717, 1.165) is 71.8 Å². The Morgan fingerprint density at radius 1 is 1.28 bits per heavy atom. The highest BCUT2D eigenvalue weighted by atomic mass is 16.5. The van der Waals surface area contributed by atoms with Crippen molar-refractivity contribution in [3.05, 3.63) is 12.2 Å². The predicted octanol–water partition coefficient (Wildman–Crippen LogP) is 0.159. The lowest BCUT2D eigenvalue weighted by Gasteiger charge is -2.38. The number of hydrogen-bond donors (Lipinski definition) is 0.